The van der Waals surface area contributed by atoms with Gasteiger partial charge in [-0.2, -0.15) is 0 Å². The van der Waals surface area contributed by atoms with Gasteiger partial charge in [0.15, 0.2) is 0 Å². The molecule has 0 heterocycles. The van der Waals surface area contributed by atoms with Gasteiger partial charge in [-0.3, -0.25) is 13.8 Å². The van der Waals surface area contributed by atoms with Gasteiger partial charge in [0.2, 0.25) is 0 Å². The average molecular weight is 413 g/mol. The third-order valence-corrected chi connectivity index (χ3v) is 6.65. The Morgan fingerprint density at radius 2 is 1.48 bits per heavy atom. The maximum Gasteiger partial charge on any atom is 0.317 e. The van der Waals surface area contributed by atoms with Crippen molar-refractivity contribution < 1.29 is 24.0 Å². The van der Waals surface area contributed by atoms with Crippen molar-refractivity contribution in [3.05, 3.63) is 0 Å². The Bertz CT molecular complexity index is 342. The highest BCUT2D eigenvalue weighted by Crippen LogP contribution is 2.27. The van der Waals surface area contributed by atoms with Crippen molar-refractivity contribution in [2.45, 2.75) is 82.8 Å². The Labute approximate surface area is 164 Å². The molecule has 8 heteroatoms. The number of hydrogen-bond acceptors (Lipinski definition) is 6. The summed E-state index contributed by atoms with van der Waals surface area (Å²) in [6.07, 6.45) is 12.8. The second-order valence-corrected chi connectivity index (χ2v) is 9.17. The van der Waals surface area contributed by atoms with E-state index in [1.807, 2.05) is 0 Å². The number of unbranched alkanes of at least 4 members (excludes halogenated alkanes) is 9. The van der Waals surface area contributed by atoms with Crippen LogP contribution in [-0.2, 0) is 13.8 Å². The van der Waals surface area contributed by atoms with Gasteiger partial charge in [0.05, 0.1) is 17.5 Å². The highest BCUT2D eigenvalue weighted by atomic mass is 33.1. The van der Waals surface area contributed by atoms with E-state index in [2.05, 4.69) is 6.92 Å². The van der Waals surface area contributed by atoms with Gasteiger partial charge in [0, 0.05) is 5.75 Å². The van der Waals surface area contributed by atoms with Crippen LogP contribution >= 0.6 is 33.6 Å². The summed E-state index contributed by atoms with van der Waals surface area (Å²) in [5.74, 6) is -1.02. The summed E-state index contributed by atoms with van der Waals surface area (Å²) in [5, 5.41) is 16.6. The molecule has 5 nitrogen and oxygen atoms in total. The molecule has 0 amide bonds. The Hall–Kier alpha value is -0.0500. The Balaban J connectivity index is 3.28. The molecule has 0 rings (SSSR count). The number of aliphatic carboxylic acids is 2. The molecule has 0 aromatic heterocycles. The van der Waals surface area contributed by atoms with Gasteiger partial charge in [-0.1, -0.05) is 75.5 Å². The fourth-order valence-corrected chi connectivity index (χ4v) is 4.74. The lowest BCUT2D eigenvalue weighted by atomic mass is 10.1. The van der Waals surface area contributed by atoms with E-state index >= 15 is 0 Å². The zero-order chi connectivity index (χ0) is 18.8. The van der Waals surface area contributed by atoms with Crippen molar-refractivity contribution in [1.29, 1.82) is 0 Å². The smallest absolute Gasteiger partial charge is 0.317 e. The first-order chi connectivity index (χ1) is 12.1. The van der Waals surface area contributed by atoms with Gasteiger partial charge in [-0.15, -0.1) is 11.8 Å². The number of thioether (sulfide) groups is 1. The predicted octanol–water partition coefficient (Wildman–Crippen LogP) is 5.84. The molecule has 0 saturated heterocycles. The van der Waals surface area contributed by atoms with E-state index in [0.29, 0.717) is 0 Å². The van der Waals surface area contributed by atoms with Crippen LogP contribution in [0.2, 0.25) is 0 Å². The largest absolute Gasteiger partial charge is 0.481 e. The van der Waals surface area contributed by atoms with Crippen LogP contribution in [0.5, 0.6) is 0 Å². The van der Waals surface area contributed by atoms with Crippen LogP contribution in [0.25, 0.3) is 0 Å². The molecule has 0 spiro atoms. The van der Waals surface area contributed by atoms with Gasteiger partial charge >= 0.3 is 11.9 Å². The van der Waals surface area contributed by atoms with E-state index in [0.717, 1.165) is 17.5 Å². The lowest BCUT2D eigenvalue weighted by molar-refractivity contribution is -0.142. The van der Waals surface area contributed by atoms with Crippen LogP contribution in [0.1, 0.15) is 77.6 Å². The average Bonchev–Trinajstić information content (AvgIpc) is 2.56. The van der Waals surface area contributed by atoms with Crippen molar-refractivity contribution in [3.63, 3.8) is 0 Å². The molecule has 0 fully saturated rings. The fraction of sp³-hybridized carbons (Fsp3) is 0.882. The maximum absolute atomic E-state index is 10.9. The lowest BCUT2D eigenvalue weighted by Crippen LogP contribution is -2.20. The molecule has 0 radical (unpaired) electrons. The van der Waals surface area contributed by atoms with E-state index in [4.69, 9.17) is 14.4 Å². The molecule has 0 aliphatic heterocycles. The molecule has 0 bridgehead atoms. The number of rotatable bonds is 19. The molecule has 0 aliphatic rings. The summed E-state index contributed by atoms with van der Waals surface area (Å²) >= 11 is 2.27. The summed E-state index contributed by atoms with van der Waals surface area (Å²) < 4.78 is 5.27. The molecule has 25 heavy (non-hydrogen) atoms. The van der Waals surface area contributed by atoms with Crippen molar-refractivity contribution in [2.75, 3.05) is 11.7 Å². The van der Waals surface area contributed by atoms with Gasteiger partial charge in [0.25, 0.3) is 0 Å². The molecule has 0 aromatic carbocycles. The third-order valence-electron chi connectivity index (χ3n) is 3.63. The topological polar surface area (TPSA) is 83.8 Å². The zero-order valence-corrected chi connectivity index (χ0v) is 17.6. The predicted molar refractivity (Wildman–Crippen MR) is 109 cm³/mol. The van der Waals surface area contributed by atoms with E-state index in [1.54, 1.807) is 10.8 Å². The summed E-state index contributed by atoms with van der Waals surface area (Å²) in [4.78, 5) is 21.4. The molecule has 2 N–H and O–H groups in total. The first-order valence-electron chi connectivity index (χ1n) is 9.05. The molecule has 148 valence electrons. The Kier molecular flexibility index (Phi) is 18.7. The normalized spacial score (nSPS) is 12.2. The molecule has 0 aliphatic carbocycles. The quantitative estimate of drug-likeness (QED) is 0.118. The first kappa shape index (κ1) is 24.9. The van der Waals surface area contributed by atoms with Crippen LogP contribution in [0.15, 0.2) is 0 Å². The summed E-state index contributed by atoms with van der Waals surface area (Å²) in [7, 11) is 1.62. The Morgan fingerprint density at radius 1 is 0.920 bits per heavy atom. The molecule has 1 atom stereocenters. The van der Waals surface area contributed by atoms with E-state index in [-0.39, 0.29) is 12.4 Å². The van der Waals surface area contributed by atoms with Crippen LogP contribution in [-0.4, -0.2) is 39.1 Å². The monoisotopic (exact) mass is 412 g/mol. The minimum Gasteiger partial charge on any atom is -0.481 e. The van der Waals surface area contributed by atoms with E-state index in [1.165, 1.54) is 75.3 Å². The number of carboxylic acid groups (broad SMARTS) is 2. The van der Waals surface area contributed by atoms with Crippen molar-refractivity contribution in [1.82, 2.24) is 0 Å². The van der Waals surface area contributed by atoms with E-state index in [9.17, 15) is 9.59 Å². The summed E-state index contributed by atoms with van der Waals surface area (Å²) in [6.45, 7) is 2.24. The van der Waals surface area contributed by atoms with Crippen molar-refractivity contribution in [2.24, 2.45) is 0 Å². The third kappa shape index (κ3) is 18.5. The first-order valence-corrected chi connectivity index (χ1v) is 12.3. The summed E-state index contributed by atoms with van der Waals surface area (Å²) in [6, 6.07) is 0. The lowest BCUT2D eigenvalue weighted by Gasteiger charge is -2.08. The van der Waals surface area contributed by atoms with Crippen LogP contribution in [0.4, 0.5) is 0 Å². The summed E-state index contributed by atoms with van der Waals surface area (Å²) in [5.41, 5.74) is 0. The molecule has 1 unspecified atom stereocenters. The van der Waals surface area contributed by atoms with Crippen LogP contribution in [0.3, 0.4) is 0 Å². The highest BCUT2D eigenvalue weighted by molar-refractivity contribution is 8.74. The Morgan fingerprint density at radius 3 is 2.00 bits per heavy atom. The highest BCUT2D eigenvalue weighted by Gasteiger charge is 2.21. The SMILES string of the molecule is CCCCCCCCCCCCSSOCSC(CC(=O)O)C(=O)O. The number of carboxylic acids is 2. The molecule has 0 saturated carbocycles. The number of carbonyl (C=O) groups is 2. The minimum atomic E-state index is -1.11. The van der Waals surface area contributed by atoms with Gasteiger partial charge in [-0.05, 0) is 6.42 Å². The molecular formula is C17H32O5S3. The van der Waals surface area contributed by atoms with Gasteiger partial charge in [0.1, 0.15) is 11.2 Å². The molecule has 0 aromatic rings. The van der Waals surface area contributed by atoms with Gasteiger partial charge < -0.3 is 10.2 Å². The van der Waals surface area contributed by atoms with E-state index < -0.39 is 17.2 Å². The minimum absolute atomic E-state index is 0.181. The maximum atomic E-state index is 10.9. The van der Waals surface area contributed by atoms with Crippen LogP contribution in [0, 0.1) is 0 Å². The fourth-order valence-electron chi connectivity index (χ4n) is 2.22. The number of hydrogen-bond donors (Lipinski definition) is 2. The van der Waals surface area contributed by atoms with Gasteiger partial charge in [-0.25, -0.2) is 0 Å². The zero-order valence-electron chi connectivity index (χ0n) is 15.1. The van der Waals surface area contributed by atoms with Crippen molar-refractivity contribution >= 4 is 45.6 Å². The second-order valence-electron chi connectivity index (χ2n) is 5.90. The second kappa shape index (κ2) is 18.7. The molecular weight excluding hydrogens is 380 g/mol. The van der Waals surface area contributed by atoms with Crippen LogP contribution < -0.4 is 0 Å². The standard InChI is InChI=1S/C17H32O5S3/c1-2-3-4-5-6-7-8-9-10-11-12-24-25-22-14-23-15(17(20)21)13-16(18)19/h15H,2-14H2,1H3,(H,18,19)(H,20,21). The van der Waals surface area contributed by atoms with Crippen molar-refractivity contribution in [3.8, 4) is 0 Å².